The van der Waals surface area contributed by atoms with Crippen LogP contribution >= 0.6 is 0 Å². The van der Waals surface area contributed by atoms with Crippen molar-refractivity contribution in [1.29, 1.82) is 0 Å². The normalized spacial score (nSPS) is 0. The van der Waals surface area contributed by atoms with Crippen LogP contribution in [0.1, 0.15) is 0 Å². The molecule has 8 N–H and O–H groups in total. The summed E-state index contributed by atoms with van der Waals surface area (Å²) < 4.78 is 0. The van der Waals surface area contributed by atoms with Gasteiger partial charge < -0.3 is 21.9 Å². The fourth-order valence-electron chi connectivity index (χ4n) is 0. The third-order valence-electron chi connectivity index (χ3n) is 0. The zero-order chi connectivity index (χ0) is 0. The molecule has 0 heterocycles. The average Bonchev–Trinajstić information content (AvgIpc) is 0. The van der Waals surface area contributed by atoms with E-state index in [-0.39, 0.29) is 97.3 Å². The maximum absolute atomic E-state index is 0. The summed E-state index contributed by atoms with van der Waals surface area (Å²) in [6, 6.07) is 0. The molecule has 8 heavy (non-hydrogen) atoms. The van der Waals surface area contributed by atoms with Crippen LogP contribution < -0.4 is 0 Å². The Morgan fingerprint density at radius 3 is 0.250 bits per heavy atom. The van der Waals surface area contributed by atoms with Crippen LogP contribution in [0.5, 0.6) is 0 Å². The van der Waals surface area contributed by atoms with Crippen LogP contribution in [0.3, 0.4) is 0 Å². The molecule has 0 fully saturated rings. The van der Waals surface area contributed by atoms with Gasteiger partial charge in [-0.25, -0.2) is 0 Å². The second-order valence-corrected chi connectivity index (χ2v) is 0. The molecule has 0 aromatic carbocycles. The maximum Gasteiger partial charge on any atom is 0 e. The Kier molecular flexibility index (Phi) is 2760. The molecule has 8 heteroatoms. The first-order valence-corrected chi connectivity index (χ1v) is 0. The number of hydrogen-bond donors (Lipinski definition) is 0. The van der Waals surface area contributed by atoms with Crippen LogP contribution in [0, 0.1) is 0 Å². The average molecular weight is 99.8 g/mol. The molecule has 0 spiro atoms. The summed E-state index contributed by atoms with van der Waals surface area (Å²) in [4.78, 5) is 0. The first-order chi connectivity index (χ1) is 0. The van der Waals surface area contributed by atoms with Crippen molar-refractivity contribution < 1.29 is 21.9 Å². The smallest absolute Gasteiger partial charge is 0 e. The van der Waals surface area contributed by atoms with Gasteiger partial charge in [-0.3, -0.25) is 0 Å². The molecule has 36 valence electrons. The minimum atomic E-state index is 0. The molecular formula is H8Li4O4. The second kappa shape index (κ2) is 126. The van der Waals surface area contributed by atoms with Crippen LogP contribution in [0.15, 0.2) is 0 Å². The van der Waals surface area contributed by atoms with Gasteiger partial charge in [0.05, 0.1) is 0 Å². The zero-order valence-corrected chi connectivity index (χ0v) is 6.00. The molecule has 0 aromatic rings. The SMILES string of the molecule is O.O.O.O.[Li].[Li].[Li].[Li]. The molecule has 0 aliphatic heterocycles. The van der Waals surface area contributed by atoms with Gasteiger partial charge in [0, 0.05) is 75.4 Å². The van der Waals surface area contributed by atoms with Gasteiger partial charge in [0.25, 0.3) is 0 Å². The molecule has 0 aromatic heterocycles. The Morgan fingerprint density at radius 2 is 0.250 bits per heavy atom. The number of rotatable bonds is 0. The summed E-state index contributed by atoms with van der Waals surface area (Å²) in [5, 5.41) is 0. The van der Waals surface area contributed by atoms with Gasteiger partial charge in [-0.05, 0) is 0 Å². The van der Waals surface area contributed by atoms with Gasteiger partial charge in [-0.1, -0.05) is 0 Å². The summed E-state index contributed by atoms with van der Waals surface area (Å²) in [6.07, 6.45) is 0. The molecule has 0 saturated carbocycles. The fraction of sp³-hybridized carbons (Fsp3) is 0. The van der Waals surface area contributed by atoms with Crippen molar-refractivity contribution in [3.63, 3.8) is 0 Å². The van der Waals surface area contributed by atoms with E-state index in [9.17, 15) is 0 Å². The molecule has 0 amide bonds. The molecule has 0 aliphatic carbocycles. The van der Waals surface area contributed by atoms with E-state index < -0.39 is 0 Å². The van der Waals surface area contributed by atoms with Gasteiger partial charge in [-0.15, -0.1) is 0 Å². The second-order valence-electron chi connectivity index (χ2n) is 0. The van der Waals surface area contributed by atoms with Gasteiger partial charge >= 0.3 is 0 Å². The van der Waals surface area contributed by atoms with Crippen molar-refractivity contribution in [2.75, 3.05) is 0 Å². The minimum Gasteiger partial charge on any atom is -0.412 e. The van der Waals surface area contributed by atoms with E-state index in [0.717, 1.165) is 0 Å². The van der Waals surface area contributed by atoms with E-state index in [2.05, 4.69) is 0 Å². The molecule has 0 unspecified atom stereocenters. The van der Waals surface area contributed by atoms with E-state index >= 15 is 0 Å². The molecule has 0 bridgehead atoms. The summed E-state index contributed by atoms with van der Waals surface area (Å²) >= 11 is 0. The van der Waals surface area contributed by atoms with Gasteiger partial charge in [-0.2, -0.15) is 0 Å². The largest absolute Gasteiger partial charge is 0.412 e. The monoisotopic (exact) mass is 100 g/mol. The van der Waals surface area contributed by atoms with Crippen molar-refractivity contribution in [3.8, 4) is 0 Å². The predicted octanol–water partition coefficient (Wildman–Crippen LogP) is -4.82. The first-order valence-electron chi connectivity index (χ1n) is 0. The Labute approximate surface area is 96.5 Å². The van der Waals surface area contributed by atoms with Gasteiger partial charge in [0.1, 0.15) is 0 Å². The van der Waals surface area contributed by atoms with Crippen LogP contribution in [-0.2, 0) is 0 Å². The summed E-state index contributed by atoms with van der Waals surface area (Å²) in [7, 11) is 0. The quantitative estimate of drug-likeness (QED) is 0.270. The predicted molar refractivity (Wildman–Crippen MR) is 37.5 cm³/mol. The van der Waals surface area contributed by atoms with Crippen LogP contribution in [0.4, 0.5) is 0 Å². The van der Waals surface area contributed by atoms with E-state index in [1.54, 1.807) is 0 Å². The van der Waals surface area contributed by atoms with E-state index in [1.807, 2.05) is 0 Å². The summed E-state index contributed by atoms with van der Waals surface area (Å²) in [6.45, 7) is 0. The molecule has 0 atom stereocenters. The van der Waals surface area contributed by atoms with Crippen LogP contribution in [0.25, 0.3) is 0 Å². The van der Waals surface area contributed by atoms with E-state index in [1.165, 1.54) is 0 Å². The topological polar surface area (TPSA) is 126 Å². The summed E-state index contributed by atoms with van der Waals surface area (Å²) in [5.74, 6) is 0. The van der Waals surface area contributed by atoms with Crippen LogP contribution in [0.2, 0.25) is 0 Å². The Morgan fingerprint density at radius 1 is 0.250 bits per heavy atom. The van der Waals surface area contributed by atoms with Gasteiger partial charge in [0.2, 0.25) is 0 Å². The minimum absolute atomic E-state index is 0. The van der Waals surface area contributed by atoms with Crippen molar-refractivity contribution in [2.24, 2.45) is 0 Å². The Bertz CT molecular complexity index is 8.00. The van der Waals surface area contributed by atoms with Crippen molar-refractivity contribution in [1.82, 2.24) is 0 Å². The molecule has 4 nitrogen and oxygen atoms in total. The molecule has 4 radical (unpaired) electrons. The Balaban J connectivity index is 0. The van der Waals surface area contributed by atoms with E-state index in [4.69, 9.17) is 0 Å². The standard InChI is InChI=1S/4Li.4H2O/h;;;;4*1H2. The van der Waals surface area contributed by atoms with E-state index in [0.29, 0.717) is 0 Å². The first kappa shape index (κ1) is 175. The molecular weight excluding hydrogens is 91.8 g/mol. The third-order valence-corrected chi connectivity index (χ3v) is 0. The molecule has 0 aliphatic rings. The van der Waals surface area contributed by atoms with Crippen molar-refractivity contribution >= 4 is 75.4 Å². The zero-order valence-electron chi connectivity index (χ0n) is 6.00. The number of hydrogen-bond acceptors (Lipinski definition) is 0. The van der Waals surface area contributed by atoms with Gasteiger partial charge in [0.15, 0.2) is 0 Å². The molecule has 0 saturated heterocycles. The fourth-order valence-corrected chi connectivity index (χ4v) is 0. The maximum atomic E-state index is 0. The van der Waals surface area contributed by atoms with Crippen LogP contribution in [-0.4, -0.2) is 97.3 Å². The third kappa shape index (κ3) is 86.5. The Hall–Kier alpha value is 2.23. The summed E-state index contributed by atoms with van der Waals surface area (Å²) in [5.41, 5.74) is 0. The molecule has 0 rings (SSSR count). The van der Waals surface area contributed by atoms with Crippen molar-refractivity contribution in [2.45, 2.75) is 0 Å². The van der Waals surface area contributed by atoms with Crippen molar-refractivity contribution in [3.05, 3.63) is 0 Å².